The van der Waals surface area contributed by atoms with Crippen LogP contribution < -0.4 is 0 Å². The molecule has 1 aliphatic heterocycles. The molecule has 0 unspecified atom stereocenters. The smallest absolute Gasteiger partial charge is 0.242 e. The summed E-state index contributed by atoms with van der Waals surface area (Å²) in [6.45, 7) is 2.29. The van der Waals surface area contributed by atoms with Gasteiger partial charge in [0, 0.05) is 19.0 Å². The molecule has 4 heteroatoms. The van der Waals surface area contributed by atoms with Gasteiger partial charge in [-0.2, -0.15) is 0 Å². The molecule has 0 atom stereocenters. The maximum Gasteiger partial charge on any atom is 0.242 e. The number of hydrogen-bond donors (Lipinski definition) is 0. The highest BCUT2D eigenvalue weighted by molar-refractivity contribution is 5.81. The average Bonchev–Trinajstić information content (AvgIpc) is 3.03. The predicted molar refractivity (Wildman–Crippen MR) is 77.5 cm³/mol. The third-order valence-electron chi connectivity index (χ3n) is 4.38. The van der Waals surface area contributed by atoms with E-state index in [1.807, 2.05) is 23.1 Å². The summed E-state index contributed by atoms with van der Waals surface area (Å²) in [7, 11) is 0. The minimum absolute atomic E-state index is 0.243. The number of rotatable bonds is 3. The van der Waals surface area contributed by atoms with Crippen LogP contribution in [0.1, 0.15) is 37.4 Å². The van der Waals surface area contributed by atoms with Crippen LogP contribution in [0, 0.1) is 0 Å². The number of para-hydroxylation sites is 2. The number of nitrogens with zero attached hydrogens (tertiary/aromatic N) is 3. The Morgan fingerprint density at radius 1 is 1.20 bits per heavy atom. The third kappa shape index (κ3) is 1.99. The second kappa shape index (κ2) is 4.62. The highest BCUT2D eigenvalue weighted by Gasteiger charge is 2.30. The summed E-state index contributed by atoms with van der Waals surface area (Å²) in [5.41, 5.74) is 2.12. The van der Waals surface area contributed by atoms with E-state index in [1.54, 1.807) is 0 Å². The summed E-state index contributed by atoms with van der Waals surface area (Å²) in [4.78, 5) is 19.2. The zero-order chi connectivity index (χ0) is 13.5. The molecule has 0 bridgehead atoms. The second-order valence-electron chi connectivity index (χ2n) is 5.91. The minimum atomic E-state index is 0.243. The fourth-order valence-electron chi connectivity index (χ4n) is 3.12. The van der Waals surface area contributed by atoms with E-state index in [9.17, 15) is 4.79 Å². The summed E-state index contributed by atoms with van der Waals surface area (Å²) in [5.74, 6) is 1.92. The van der Waals surface area contributed by atoms with E-state index in [0.29, 0.717) is 12.5 Å². The van der Waals surface area contributed by atoms with E-state index >= 15 is 0 Å². The molecule has 104 valence electrons. The Morgan fingerprint density at radius 2 is 1.95 bits per heavy atom. The fourth-order valence-corrected chi connectivity index (χ4v) is 3.12. The number of fused-ring (bicyclic) bond motifs is 1. The van der Waals surface area contributed by atoms with Crippen LogP contribution >= 0.6 is 0 Å². The third-order valence-corrected chi connectivity index (χ3v) is 4.38. The van der Waals surface area contributed by atoms with Gasteiger partial charge in [-0.05, 0) is 37.8 Å². The molecule has 4 nitrogen and oxygen atoms in total. The van der Waals surface area contributed by atoms with Gasteiger partial charge in [-0.1, -0.05) is 12.1 Å². The Labute approximate surface area is 118 Å². The Morgan fingerprint density at radius 3 is 2.70 bits per heavy atom. The lowest BCUT2D eigenvalue weighted by molar-refractivity contribution is -0.130. The van der Waals surface area contributed by atoms with E-state index < -0.39 is 0 Å². The second-order valence-corrected chi connectivity index (χ2v) is 5.91. The molecule has 1 aromatic heterocycles. The SMILES string of the molecule is O=C(Cn1c(C2CC2)nc2ccccc21)N1CCCC1. The molecule has 20 heavy (non-hydrogen) atoms. The van der Waals surface area contributed by atoms with Crippen molar-refractivity contribution in [3.8, 4) is 0 Å². The molecule has 0 spiro atoms. The van der Waals surface area contributed by atoms with E-state index in [0.717, 1.165) is 42.8 Å². The maximum absolute atomic E-state index is 12.4. The Hall–Kier alpha value is -1.84. The molecule has 2 fully saturated rings. The predicted octanol–water partition coefficient (Wildman–Crippen LogP) is 2.54. The van der Waals surface area contributed by atoms with Crippen LogP contribution in [0.25, 0.3) is 11.0 Å². The molecule has 2 heterocycles. The molecule has 0 N–H and O–H groups in total. The number of aromatic nitrogens is 2. The van der Waals surface area contributed by atoms with Gasteiger partial charge in [0.15, 0.2) is 0 Å². The van der Waals surface area contributed by atoms with Crippen LogP contribution in [0.3, 0.4) is 0 Å². The largest absolute Gasteiger partial charge is 0.341 e. The van der Waals surface area contributed by atoms with Crippen LogP contribution in [-0.2, 0) is 11.3 Å². The van der Waals surface area contributed by atoms with Gasteiger partial charge in [0.25, 0.3) is 0 Å². The summed E-state index contributed by atoms with van der Waals surface area (Å²) in [6, 6.07) is 8.15. The average molecular weight is 269 g/mol. The molecular formula is C16H19N3O. The molecule has 1 amide bonds. The van der Waals surface area contributed by atoms with Crippen molar-refractivity contribution in [2.24, 2.45) is 0 Å². The summed E-state index contributed by atoms with van der Waals surface area (Å²) in [5, 5.41) is 0. The minimum Gasteiger partial charge on any atom is -0.341 e. The Bertz CT molecular complexity index is 651. The van der Waals surface area contributed by atoms with Gasteiger partial charge in [-0.15, -0.1) is 0 Å². The Balaban J connectivity index is 1.70. The van der Waals surface area contributed by atoms with Crippen LogP contribution in [0.2, 0.25) is 0 Å². The first-order valence-corrected chi connectivity index (χ1v) is 7.56. The van der Waals surface area contributed by atoms with Crippen molar-refractivity contribution >= 4 is 16.9 Å². The first-order chi connectivity index (χ1) is 9.83. The zero-order valence-corrected chi connectivity index (χ0v) is 11.6. The summed E-state index contributed by atoms with van der Waals surface area (Å²) >= 11 is 0. The molecule has 1 aromatic carbocycles. The molecule has 0 radical (unpaired) electrons. The highest BCUT2D eigenvalue weighted by Crippen LogP contribution is 2.40. The van der Waals surface area contributed by atoms with Gasteiger partial charge >= 0.3 is 0 Å². The molecule has 2 aliphatic rings. The van der Waals surface area contributed by atoms with Crippen molar-refractivity contribution < 1.29 is 4.79 Å². The standard InChI is InChI=1S/C16H19N3O/c20-15(18-9-3-4-10-18)11-19-14-6-2-1-5-13(14)17-16(19)12-7-8-12/h1-2,5-6,12H,3-4,7-11H2. The first-order valence-electron chi connectivity index (χ1n) is 7.56. The van der Waals surface area contributed by atoms with Crippen LogP contribution in [-0.4, -0.2) is 33.4 Å². The molecule has 4 rings (SSSR count). The molecular weight excluding hydrogens is 250 g/mol. The summed E-state index contributed by atoms with van der Waals surface area (Å²) < 4.78 is 2.15. The van der Waals surface area contributed by atoms with Crippen LogP contribution in [0.5, 0.6) is 0 Å². The van der Waals surface area contributed by atoms with Crippen molar-refractivity contribution in [3.05, 3.63) is 30.1 Å². The topological polar surface area (TPSA) is 38.1 Å². The van der Waals surface area contributed by atoms with E-state index in [-0.39, 0.29) is 5.91 Å². The van der Waals surface area contributed by atoms with E-state index in [2.05, 4.69) is 10.6 Å². The van der Waals surface area contributed by atoms with Gasteiger partial charge in [0.2, 0.25) is 5.91 Å². The van der Waals surface area contributed by atoms with Crippen LogP contribution in [0.4, 0.5) is 0 Å². The van der Waals surface area contributed by atoms with E-state index in [1.165, 1.54) is 12.8 Å². The van der Waals surface area contributed by atoms with Gasteiger partial charge in [-0.25, -0.2) is 4.98 Å². The molecule has 1 saturated carbocycles. The van der Waals surface area contributed by atoms with Crippen molar-refractivity contribution in [2.75, 3.05) is 13.1 Å². The lowest BCUT2D eigenvalue weighted by atomic mass is 10.3. The summed E-state index contributed by atoms with van der Waals surface area (Å²) in [6.07, 6.45) is 4.71. The van der Waals surface area contributed by atoms with Gasteiger partial charge in [0.05, 0.1) is 11.0 Å². The van der Waals surface area contributed by atoms with Crippen molar-refractivity contribution in [2.45, 2.75) is 38.1 Å². The lowest BCUT2D eigenvalue weighted by Crippen LogP contribution is -2.31. The molecule has 2 aromatic rings. The van der Waals surface area contributed by atoms with Gasteiger partial charge in [-0.3, -0.25) is 4.79 Å². The van der Waals surface area contributed by atoms with Gasteiger partial charge < -0.3 is 9.47 Å². The Kier molecular flexibility index (Phi) is 2.76. The number of imidazole rings is 1. The highest BCUT2D eigenvalue weighted by atomic mass is 16.2. The lowest BCUT2D eigenvalue weighted by Gasteiger charge is -2.17. The number of hydrogen-bond acceptors (Lipinski definition) is 2. The number of amides is 1. The first kappa shape index (κ1) is 11.9. The van der Waals surface area contributed by atoms with Gasteiger partial charge in [0.1, 0.15) is 12.4 Å². The quantitative estimate of drug-likeness (QED) is 0.858. The molecule has 1 aliphatic carbocycles. The molecule has 1 saturated heterocycles. The number of benzene rings is 1. The number of carbonyl (C=O) groups is 1. The maximum atomic E-state index is 12.4. The number of carbonyl (C=O) groups excluding carboxylic acids is 1. The van der Waals surface area contributed by atoms with Crippen LogP contribution in [0.15, 0.2) is 24.3 Å². The number of likely N-dealkylation sites (tertiary alicyclic amines) is 1. The van der Waals surface area contributed by atoms with Crippen molar-refractivity contribution in [1.82, 2.24) is 14.5 Å². The van der Waals surface area contributed by atoms with Crippen molar-refractivity contribution in [1.29, 1.82) is 0 Å². The van der Waals surface area contributed by atoms with E-state index in [4.69, 9.17) is 4.98 Å². The normalized spacial score (nSPS) is 18.9. The fraction of sp³-hybridized carbons (Fsp3) is 0.500. The van der Waals surface area contributed by atoms with Crippen molar-refractivity contribution in [3.63, 3.8) is 0 Å². The zero-order valence-electron chi connectivity index (χ0n) is 11.6. The monoisotopic (exact) mass is 269 g/mol.